The largest absolute Gasteiger partial charge is 0.379 e. The first-order valence-corrected chi connectivity index (χ1v) is 11.2. The minimum atomic E-state index is 0.0592. The summed E-state index contributed by atoms with van der Waals surface area (Å²) in [6.07, 6.45) is 0.929. The van der Waals surface area contributed by atoms with Gasteiger partial charge in [0, 0.05) is 31.9 Å². The predicted molar refractivity (Wildman–Crippen MR) is 119 cm³/mol. The molecule has 1 aliphatic rings. The maximum Gasteiger partial charge on any atom is 0.262 e. The number of aryl methyl sites for hydroxylation is 1. The van der Waals surface area contributed by atoms with Gasteiger partial charge in [0.15, 0.2) is 5.16 Å². The summed E-state index contributed by atoms with van der Waals surface area (Å²) >= 11 is 1.64. The number of hydrogen-bond donors (Lipinski definition) is 0. The quantitative estimate of drug-likeness (QED) is 0.440. The molecule has 152 valence electrons. The van der Waals surface area contributed by atoms with Gasteiger partial charge in [-0.15, -0.1) is 0 Å². The lowest BCUT2D eigenvalue weighted by molar-refractivity contribution is 0.0368. The third kappa shape index (κ3) is 5.07. The van der Waals surface area contributed by atoms with E-state index in [9.17, 15) is 4.79 Å². The third-order valence-electron chi connectivity index (χ3n) is 5.27. The molecule has 2 aromatic carbocycles. The second-order valence-corrected chi connectivity index (χ2v) is 8.39. The molecule has 5 nitrogen and oxygen atoms in total. The van der Waals surface area contributed by atoms with Crippen molar-refractivity contribution in [2.75, 3.05) is 32.8 Å². The van der Waals surface area contributed by atoms with E-state index < -0.39 is 0 Å². The Labute approximate surface area is 175 Å². The minimum Gasteiger partial charge on any atom is -0.379 e. The number of ether oxygens (including phenoxy) is 1. The SMILES string of the molecule is Cc1ccc(CSc2nc3ccccc3c(=O)n2CCCN2CCOCC2)cc1. The molecule has 0 aliphatic carbocycles. The molecule has 0 atom stereocenters. The van der Waals surface area contributed by atoms with Crippen molar-refractivity contribution >= 4 is 22.7 Å². The predicted octanol–water partition coefficient (Wildman–Crippen LogP) is 3.72. The van der Waals surface area contributed by atoms with Crippen LogP contribution in [0.15, 0.2) is 58.5 Å². The Kier molecular flexibility index (Phi) is 6.64. The van der Waals surface area contributed by atoms with Crippen molar-refractivity contribution in [3.05, 3.63) is 70.0 Å². The van der Waals surface area contributed by atoms with E-state index in [1.54, 1.807) is 11.8 Å². The molecular weight excluding hydrogens is 382 g/mol. The minimum absolute atomic E-state index is 0.0592. The maximum atomic E-state index is 13.2. The highest BCUT2D eigenvalue weighted by atomic mass is 32.2. The fourth-order valence-electron chi connectivity index (χ4n) is 3.56. The lowest BCUT2D eigenvalue weighted by Crippen LogP contribution is -2.37. The zero-order valence-electron chi connectivity index (χ0n) is 16.8. The average Bonchev–Trinajstić information content (AvgIpc) is 2.76. The van der Waals surface area contributed by atoms with Gasteiger partial charge in [-0.25, -0.2) is 4.98 Å². The Morgan fingerprint density at radius 1 is 1.03 bits per heavy atom. The number of hydrogen-bond acceptors (Lipinski definition) is 5. The molecule has 0 amide bonds. The highest BCUT2D eigenvalue weighted by Gasteiger charge is 2.14. The van der Waals surface area contributed by atoms with Gasteiger partial charge in [-0.3, -0.25) is 14.3 Å². The molecule has 0 radical (unpaired) electrons. The molecule has 2 heterocycles. The van der Waals surface area contributed by atoms with Crippen LogP contribution in [0.1, 0.15) is 17.5 Å². The zero-order valence-corrected chi connectivity index (χ0v) is 17.7. The summed E-state index contributed by atoms with van der Waals surface area (Å²) in [5.74, 6) is 0.800. The van der Waals surface area contributed by atoms with Crippen LogP contribution in [0, 0.1) is 6.92 Å². The summed E-state index contributed by atoms with van der Waals surface area (Å²) in [7, 11) is 0. The van der Waals surface area contributed by atoms with Gasteiger partial charge in [0.1, 0.15) is 0 Å². The molecule has 1 aliphatic heterocycles. The molecule has 1 aromatic heterocycles. The van der Waals surface area contributed by atoms with Crippen LogP contribution in [0.4, 0.5) is 0 Å². The smallest absolute Gasteiger partial charge is 0.262 e. The summed E-state index contributed by atoms with van der Waals surface area (Å²) in [5.41, 5.74) is 3.32. The molecule has 0 N–H and O–H groups in total. The van der Waals surface area contributed by atoms with E-state index in [0.717, 1.165) is 55.7 Å². The van der Waals surface area contributed by atoms with Gasteiger partial charge in [0.2, 0.25) is 0 Å². The Morgan fingerprint density at radius 2 is 1.79 bits per heavy atom. The molecule has 0 saturated carbocycles. The number of thioether (sulfide) groups is 1. The van der Waals surface area contributed by atoms with Gasteiger partial charge in [-0.2, -0.15) is 0 Å². The summed E-state index contributed by atoms with van der Waals surface area (Å²) in [6, 6.07) is 16.2. The van der Waals surface area contributed by atoms with Gasteiger partial charge < -0.3 is 4.74 Å². The van der Waals surface area contributed by atoms with Crippen molar-refractivity contribution in [1.29, 1.82) is 0 Å². The van der Waals surface area contributed by atoms with Gasteiger partial charge in [-0.1, -0.05) is 53.7 Å². The normalized spacial score (nSPS) is 15.1. The fourth-order valence-corrected chi connectivity index (χ4v) is 4.55. The van der Waals surface area contributed by atoms with Crippen LogP contribution in [0.2, 0.25) is 0 Å². The number of nitrogens with zero attached hydrogens (tertiary/aromatic N) is 3. The van der Waals surface area contributed by atoms with E-state index in [1.807, 2.05) is 28.8 Å². The zero-order chi connectivity index (χ0) is 20.1. The second kappa shape index (κ2) is 9.57. The number of morpholine rings is 1. The molecular formula is C23H27N3O2S. The lowest BCUT2D eigenvalue weighted by atomic mass is 10.2. The second-order valence-electron chi connectivity index (χ2n) is 7.45. The van der Waals surface area contributed by atoms with Crippen LogP contribution < -0.4 is 5.56 Å². The van der Waals surface area contributed by atoms with Crippen molar-refractivity contribution in [1.82, 2.24) is 14.5 Å². The number of aromatic nitrogens is 2. The van der Waals surface area contributed by atoms with Crippen molar-refractivity contribution in [3.8, 4) is 0 Å². The summed E-state index contributed by atoms with van der Waals surface area (Å²) < 4.78 is 7.28. The number of benzene rings is 2. The highest BCUT2D eigenvalue weighted by Crippen LogP contribution is 2.22. The van der Waals surface area contributed by atoms with Crippen molar-refractivity contribution in [2.45, 2.75) is 30.8 Å². The molecule has 4 rings (SSSR count). The Bertz CT molecular complexity index is 1010. The van der Waals surface area contributed by atoms with Crippen LogP contribution in [0.25, 0.3) is 10.9 Å². The lowest BCUT2D eigenvalue weighted by Gasteiger charge is -2.26. The summed E-state index contributed by atoms with van der Waals surface area (Å²) in [4.78, 5) is 20.4. The molecule has 3 aromatic rings. The van der Waals surface area contributed by atoms with E-state index in [1.165, 1.54) is 11.1 Å². The van der Waals surface area contributed by atoms with Crippen LogP contribution in [-0.2, 0) is 17.0 Å². The van der Waals surface area contributed by atoms with Crippen LogP contribution in [0.3, 0.4) is 0 Å². The molecule has 0 unspecified atom stereocenters. The fraction of sp³-hybridized carbons (Fsp3) is 0.391. The van der Waals surface area contributed by atoms with Crippen molar-refractivity contribution in [3.63, 3.8) is 0 Å². The molecule has 1 saturated heterocycles. The molecule has 29 heavy (non-hydrogen) atoms. The summed E-state index contributed by atoms with van der Waals surface area (Å²) in [6.45, 7) is 7.30. The van der Waals surface area contributed by atoms with Crippen LogP contribution >= 0.6 is 11.8 Å². The number of fused-ring (bicyclic) bond motifs is 1. The van der Waals surface area contributed by atoms with Crippen LogP contribution in [0.5, 0.6) is 0 Å². The van der Waals surface area contributed by atoms with Gasteiger partial charge in [-0.05, 0) is 31.0 Å². The first-order chi connectivity index (χ1) is 14.2. The van der Waals surface area contributed by atoms with Gasteiger partial charge in [0.25, 0.3) is 5.56 Å². The number of para-hydroxylation sites is 1. The Morgan fingerprint density at radius 3 is 2.59 bits per heavy atom. The van der Waals surface area contributed by atoms with Crippen molar-refractivity contribution in [2.24, 2.45) is 0 Å². The first kappa shape index (κ1) is 20.1. The third-order valence-corrected chi connectivity index (χ3v) is 6.32. The van der Waals surface area contributed by atoms with E-state index in [2.05, 4.69) is 36.1 Å². The topological polar surface area (TPSA) is 47.4 Å². The molecule has 6 heteroatoms. The van der Waals surface area contributed by atoms with E-state index in [4.69, 9.17) is 9.72 Å². The molecule has 1 fully saturated rings. The average molecular weight is 410 g/mol. The van der Waals surface area contributed by atoms with E-state index in [0.29, 0.717) is 11.9 Å². The Hall–Kier alpha value is -2.15. The molecule has 0 spiro atoms. The maximum absolute atomic E-state index is 13.2. The van der Waals surface area contributed by atoms with E-state index >= 15 is 0 Å². The van der Waals surface area contributed by atoms with Crippen molar-refractivity contribution < 1.29 is 4.74 Å². The van der Waals surface area contributed by atoms with Crippen LogP contribution in [-0.4, -0.2) is 47.3 Å². The highest BCUT2D eigenvalue weighted by molar-refractivity contribution is 7.98. The first-order valence-electron chi connectivity index (χ1n) is 10.2. The molecule has 0 bridgehead atoms. The van der Waals surface area contributed by atoms with Gasteiger partial charge in [0.05, 0.1) is 24.1 Å². The van der Waals surface area contributed by atoms with Gasteiger partial charge >= 0.3 is 0 Å². The van der Waals surface area contributed by atoms with E-state index in [-0.39, 0.29) is 5.56 Å². The summed E-state index contributed by atoms with van der Waals surface area (Å²) in [5, 5.41) is 1.50. The standard InChI is InChI=1S/C23H27N3O2S/c1-18-7-9-19(10-8-18)17-29-23-24-21-6-3-2-5-20(21)22(27)26(23)12-4-11-25-13-15-28-16-14-25/h2-3,5-10H,4,11-17H2,1H3. The Balaban J connectivity index is 1.54. The monoisotopic (exact) mass is 409 g/mol. The number of rotatable bonds is 7.